The molecule has 1 heterocycles. The van der Waals surface area contributed by atoms with Crippen molar-refractivity contribution in [2.75, 3.05) is 19.8 Å². The summed E-state index contributed by atoms with van der Waals surface area (Å²) in [5, 5.41) is 0.480. The lowest BCUT2D eigenvalue weighted by Crippen LogP contribution is -2.07. The molecule has 0 amide bonds. The number of ether oxygens (including phenoxy) is 3. The van der Waals surface area contributed by atoms with Gasteiger partial charge in [0.2, 0.25) is 0 Å². The van der Waals surface area contributed by atoms with Crippen LogP contribution in [0.4, 0.5) is 0 Å². The van der Waals surface area contributed by atoms with Crippen molar-refractivity contribution in [1.29, 1.82) is 0 Å². The van der Waals surface area contributed by atoms with Crippen LogP contribution in [0.2, 0.25) is 0 Å². The summed E-state index contributed by atoms with van der Waals surface area (Å²) < 4.78 is 15.5. The molecule has 1 rings (SSSR count). The Morgan fingerprint density at radius 2 is 2.23 bits per heavy atom. The fourth-order valence-electron chi connectivity index (χ4n) is 0.939. The van der Waals surface area contributed by atoms with Gasteiger partial charge in [-0.2, -0.15) is 0 Å². The molecule has 0 bridgehead atoms. The van der Waals surface area contributed by atoms with Crippen LogP contribution in [0.3, 0.4) is 0 Å². The van der Waals surface area contributed by atoms with Gasteiger partial charge < -0.3 is 14.2 Å². The zero-order valence-electron chi connectivity index (χ0n) is 7.79. The summed E-state index contributed by atoms with van der Waals surface area (Å²) >= 11 is 5.85. The fourth-order valence-corrected chi connectivity index (χ4v) is 1.13. The average Bonchev–Trinajstić information content (AvgIpc) is 2.65. The molecule has 1 saturated heterocycles. The molecule has 0 atom stereocenters. The minimum atomic E-state index is -0.414. The van der Waals surface area contributed by atoms with Crippen LogP contribution in [0.5, 0.6) is 0 Å². The second kappa shape index (κ2) is 6.24. The maximum absolute atomic E-state index is 5.85. The Labute approximate surface area is 83.6 Å². The number of rotatable bonds is 5. The van der Waals surface area contributed by atoms with Crippen LogP contribution in [-0.2, 0) is 14.2 Å². The van der Waals surface area contributed by atoms with Crippen LogP contribution >= 0.6 is 11.6 Å². The van der Waals surface area contributed by atoms with E-state index in [0.717, 1.165) is 12.8 Å². The zero-order valence-corrected chi connectivity index (χ0v) is 8.55. The summed E-state index contributed by atoms with van der Waals surface area (Å²) in [5.41, 5.74) is 0. The van der Waals surface area contributed by atoms with Crippen LogP contribution in [0.1, 0.15) is 19.8 Å². The van der Waals surface area contributed by atoms with Crippen LogP contribution < -0.4 is 0 Å². The maximum Gasteiger partial charge on any atom is 0.197 e. The third-order valence-corrected chi connectivity index (χ3v) is 1.93. The molecule has 0 aromatic heterocycles. The van der Waals surface area contributed by atoms with E-state index in [0.29, 0.717) is 24.9 Å². The molecule has 0 saturated carbocycles. The Balaban J connectivity index is 2.16. The molecule has 0 unspecified atom stereocenters. The van der Waals surface area contributed by atoms with E-state index in [9.17, 15) is 0 Å². The Kier molecular flexibility index (Phi) is 5.20. The molecular weight excluding hydrogens is 192 g/mol. The van der Waals surface area contributed by atoms with E-state index in [1.54, 1.807) is 0 Å². The maximum atomic E-state index is 5.85. The summed E-state index contributed by atoms with van der Waals surface area (Å²) in [6, 6.07) is 0. The van der Waals surface area contributed by atoms with E-state index in [1.807, 2.05) is 0 Å². The molecule has 0 aromatic carbocycles. The first-order valence-electron chi connectivity index (χ1n) is 4.55. The largest absolute Gasteiger partial charge is 0.500 e. The molecule has 0 aromatic rings. The zero-order chi connectivity index (χ0) is 9.52. The minimum Gasteiger partial charge on any atom is -0.500 e. The van der Waals surface area contributed by atoms with Crippen LogP contribution in [0, 0.1) is 0 Å². The van der Waals surface area contributed by atoms with Gasteiger partial charge in [-0.15, -0.1) is 0 Å². The van der Waals surface area contributed by atoms with Gasteiger partial charge in [-0.25, -0.2) is 0 Å². The molecule has 0 aliphatic carbocycles. The van der Waals surface area contributed by atoms with Crippen molar-refractivity contribution < 1.29 is 14.2 Å². The van der Waals surface area contributed by atoms with Gasteiger partial charge in [0.25, 0.3) is 0 Å². The molecule has 76 valence electrons. The lowest BCUT2D eigenvalue weighted by atomic mass is 10.4. The lowest BCUT2D eigenvalue weighted by molar-refractivity contribution is -0.00751. The van der Waals surface area contributed by atoms with E-state index < -0.39 is 6.29 Å². The van der Waals surface area contributed by atoms with Crippen molar-refractivity contribution in [2.24, 2.45) is 0 Å². The summed E-state index contributed by atoms with van der Waals surface area (Å²) in [7, 11) is 0. The monoisotopic (exact) mass is 206 g/mol. The lowest BCUT2D eigenvalue weighted by Gasteiger charge is -2.07. The normalized spacial score (nSPS) is 19.4. The first-order valence-corrected chi connectivity index (χ1v) is 4.92. The van der Waals surface area contributed by atoms with Gasteiger partial charge in [0.1, 0.15) is 11.3 Å². The molecule has 0 N–H and O–H groups in total. The van der Waals surface area contributed by atoms with Gasteiger partial charge in [-0.1, -0.05) is 24.9 Å². The molecule has 0 spiro atoms. The van der Waals surface area contributed by atoms with E-state index >= 15 is 0 Å². The van der Waals surface area contributed by atoms with E-state index in [-0.39, 0.29) is 0 Å². The predicted molar refractivity (Wildman–Crippen MR) is 50.5 cm³/mol. The molecule has 0 radical (unpaired) electrons. The molecule has 13 heavy (non-hydrogen) atoms. The molecule has 1 aliphatic rings. The minimum absolute atomic E-state index is 0.414. The Hall–Kier alpha value is -0.250. The summed E-state index contributed by atoms with van der Waals surface area (Å²) in [5.74, 6) is 0. The Morgan fingerprint density at radius 1 is 1.54 bits per heavy atom. The van der Waals surface area contributed by atoms with Crippen LogP contribution in [0.25, 0.3) is 0 Å². The predicted octanol–water partition coefficient (Wildman–Crippen LogP) is 2.26. The van der Waals surface area contributed by atoms with Crippen molar-refractivity contribution in [3.05, 3.63) is 11.3 Å². The fraction of sp³-hybridized carbons (Fsp3) is 0.778. The van der Waals surface area contributed by atoms with Crippen molar-refractivity contribution in [2.45, 2.75) is 26.1 Å². The second-order valence-electron chi connectivity index (χ2n) is 2.80. The van der Waals surface area contributed by atoms with Crippen molar-refractivity contribution in [1.82, 2.24) is 0 Å². The summed E-state index contributed by atoms with van der Waals surface area (Å²) in [6.07, 6.45) is 3.24. The summed E-state index contributed by atoms with van der Waals surface area (Å²) in [4.78, 5) is 0. The third kappa shape index (κ3) is 3.98. The molecule has 1 aliphatic heterocycles. The molecule has 1 fully saturated rings. The Morgan fingerprint density at radius 3 is 2.85 bits per heavy atom. The van der Waals surface area contributed by atoms with Gasteiger partial charge >= 0.3 is 0 Å². The van der Waals surface area contributed by atoms with Crippen LogP contribution in [-0.4, -0.2) is 26.1 Å². The number of hydrogen-bond acceptors (Lipinski definition) is 3. The standard InChI is InChI=1S/C9H15ClO3/c1-2-3-4-11-7-8(10)9-12-5-6-13-9/h7,9H,2-6H2,1H3/b8-7+. The van der Waals surface area contributed by atoms with E-state index in [1.165, 1.54) is 6.26 Å². The highest BCUT2D eigenvalue weighted by atomic mass is 35.5. The molecule has 4 heteroatoms. The van der Waals surface area contributed by atoms with Gasteiger partial charge in [0, 0.05) is 0 Å². The van der Waals surface area contributed by atoms with Crippen molar-refractivity contribution in [3.63, 3.8) is 0 Å². The number of halogens is 1. The van der Waals surface area contributed by atoms with Gasteiger partial charge in [-0.3, -0.25) is 0 Å². The average molecular weight is 207 g/mol. The number of hydrogen-bond donors (Lipinski definition) is 0. The smallest absolute Gasteiger partial charge is 0.197 e. The van der Waals surface area contributed by atoms with E-state index in [4.69, 9.17) is 25.8 Å². The quantitative estimate of drug-likeness (QED) is 0.510. The molecular formula is C9H15ClO3. The Bertz CT molecular complexity index is 164. The SMILES string of the molecule is CCCCO/C=C(/Cl)C1OCCO1. The first-order chi connectivity index (χ1) is 6.34. The van der Waals surface area contributed by atoms with Crippen LogP contribution in [0.15, 0.2) is 11.3 Å². The topological polar surface area (TPSA) is 27.7 Å². The highest BCUT2D eigenvalue weighted by molar-refractivity contribution is 6.29. The van der Waals surface area contributed by atoms with Gasteiger partial charge in [0.15, 0.2) is 6.29 Å². The second-order valence-corrected chi connectivity index (χ2v) is 3.24. The highest BCUT2D eigenvalue weighted by Gasteiger charge is 2.19. The van der Waals surface area contributed by atoms with Gasteiger partial charge in [-0.05, 0) is 6.42 Å². The van der Waals surface area contributed by atoms with Crippen molar-refractivity contribution >= 4 is 11.6 Å². The van der Waals surface area contributed by atoms with E-state index in [2.05, 4.69) is 6.92 Å². The van der Waals surface area contributed by atoms with Crippen molar-refractivity contribution in [3.8, 4) is 0 Å². The summed E-state index contributed by atoms with van der Waals surface area (Å²) in [6.45, 7) is 4.00. The third-order valence-electron chi connectivity index (χ3n) is 1.66. The molecule has 3 nitrogen and oxygen atoms in total. The first kappa shape index (κ1) is 10.8. The van der Waals surface area contributed by atoms with Gasteiger partial charge in [0.05, 0.1) is 19.8 Å². The highest BCUT2D eigenvalue weighted by Crippen LogP contribution is 2.17. The number of unbranched alkanes of at least 4 members (excludes halogenated alkanes) is 1.